The van der Waals surface area contributed by atoms with Crippen LogP contribution in [0.3, 0.4) is 0 Å². The lowest BCUT2D eigenvalue weighted by Gasteiger charge is -2.15. The average molecular weight is 334 g/mol. The molecular weight excluding hydrogens is 319 g/mol. The van der Waals surface area contributed by atoms with Crippen LogP contribution >= 0.6 is 0 Å². The van der Waals surface area contributed by atoms with E-state index in [1.54, 1.807) is 0 Å². The van der Waals surface area contributed by atoms with Gasteiger partial charge in [-0.05, 0) is 24.3 Å². The molecule has 0 radical (unpaired) electrons. The second-order valence-corrected chi connectivity index (χ2v) is 4.52. The van der Waals surface area contributed by atoms with Crippen LogP contribution in [-0.4, -0.2) is 32.4 Å². The van der Waals surface area contributed by atoms with Crippen LogP contribution in [0.25, 0.3) is 0 Å². The summed E-state index contributed by atoms with van der Waals surface area (Å²) in [5, 5.41) is 17.3. The van der Waals surface area contributed by atoms with Gasteiger partial charge in [0, 0.05) is 6.07 Å². The summed E-state index contributed by atoms with van der Waals surface area (Å²) in [4.78, 5) is 11.5. The van der Waals surface area contributed by atoms with Gasteiger partial charge in [-0.1, -0.05) is 0 Å². The molecule has 1 N–H and O–H groups in total. The Labute approximate surface area is 137 Å². The normalized spacial score (nSPS) is 10.7. The van der Waals surface area contributed by atoms with Gasteiger partial charge in [0.1, 0.15) is 11.5 Å². The predicted octanol–water partition coefficient (Wildman–Crippen LogP) is 3.97. The molecule has 0 heterocycles. The van der Waals surface area contributed by atoms with Crippen molar-refractivity contribution in [3.05, 3.63) is 41.7 Å². The van der Waals surface area contributed by atoms with Crippen LogP contribution in [0, 0.1) is 5.82 Å². The van der Waals surface area contributed by atoms with E-state index < -0.39 is 11.8 Å². The minimum Gasteiger partial charge on any atom is -0.493 e. The Morgan fingerprint density at radius 2 is 1.62 bits per heavy atom. The Morgan fingerprint density at radius 1 is 1.00 bits per heavy atom. The van der Waals surface area contributed by atoms with Gasteiger partial charge in [0.2, 0.25) is 5.75 Å². The van der Waals surface area contributed by atoms with Crippen LogP contribution in [0.1, 0.15) is 10.4 Å². The van der Waals surface area contributed by atoms with Crippen molar-refractivity contribution in [1.82, 2.24) is 0 Å². The first kappa shape index (κ1) is 17.2. The van der Waals surface area contributed by atoms with E-state index in [-0.39, 0.29) is 28.5 Å². The summed E-state index contributed by atoms with van der Waals surface area (Å²) in [6, 6.07) is 6.53. The molecule has 24 heavy (non-hydrogen) atoms. The van der Waals surface area contributed by atoms with E-state index in [0.717, 1.165) is 0 Å². The summed E-state index contributed by atoms with van der Waals surface area (Å²) in [6.45, 7) is 0. The van der Waals surface area contributed by atoms with Crippen LogP contribution in [0.15, 0.2) is 40.6 Å². The number of benzene rings is 2. The van der Waals surface area contributed by atoms with Crippen molar-refractivity contribution < 1.29 is 28.5 Å². The summed E-state index contributed by atoms with van der Waals surface area (Å²) in [6.07, 6.45) is 0. The van der Waals surface area contributed by atoms with E-state index in [2.05, 4.69) is 10.2 Å². The summed E-state index contributed by atoms with van der Waals surface area (Å²) >= 11 is 0. The number of aromatic carboxylic acids is 1. The monoisotopic (exact) mass is 334 g/mol. The highest BCUT2D eigenvalue weighted by Crippen LogP contribution is 2.47. The lowest BCUT2D eigenvalue weighted by atomic mass is 10.1. The average Bonchev–Trinajstić information content (AvgIpc) is 2.59. The van der Waals surface area contributed by atoms with Crippen molar-refractivity contribution in [2.24, 2.45) is 10.2 Å². The van der Waals surface area contributed by atoms with Gasteiger partial charge in [0.05, 0.1) is 32.6 Å². The van der Waals surface area contributed by atoms with Crippen LogP contribution in [0.4, 0.5) is 15.8 Å². The molecule has 0 amide bonds. The first-order chi connectivity index (χ1) is 11.5. The van der Waals surface area contributed by atoms with Gasteiger partial charge in [0.25, 0.3) is 0 Å². The van der Waals surface area contributed by atoms with Crippen molar-refractivity contribution in [2.45, 2.75) is 0 Å². The molecule has 8 heteroatoms. The minimum atomic E-state index is -1.23. The Bertz CT molecular complexity index is 775. The maximum Gasteiger partial charge on any atom is 0.338 e. The molecule has 0 aromatic heterocycles. The highest BCUT2D eigenvalue weighted by molar-refractivity contribution is 5.97. The van der Waals surface area contributed by atoms with Crippen molar-refractivity contribution in [3.63, 3.8) is 0 Å². The fourth-order valence-corrected chi connectivity index (χ4v) is 2.02. The molecule has 0 bridgehead atoms. The van der Waals surface area contributed by atoms with Crippen molar-refractivity contribution in [3.8, 4) is 17.2 Å². The third kappa shape index (κ3) is 3.43. The molecule has 2 rings (SSSR count). The lowest BCUT2D eigenvalue weighted by Crippen LogP contribution is -2.02. The van der Waals surface area contributed by atoms with Crippen LogP contribution < -0.4 is 14.2 Å². The van der Waals surface area contributed by atoms with E-state index in [0.29, 0.717) is 5.69 Å². The largest absolute Gasteiger partial charge is 0.493 e. The summed E-state index contributed by atoms with van der Waals surface area (Å²) in [5.41, 5.74) is 0.145. The van der Waals surface area contributed by atoms with Gasteiger partial charge in [-0.25, -0.2) is 9.18 Å². The van der Waals surface area contributed by atoms with Crippen molar-refractivity contribution in [2.75, 3.05) is 21.3 Å². The highest BCUT2D eigenvalue weighted by Gasteiger charge is 2.24. The first-order valence-electron chi connectivity index (χ1n) is 6.75. The molecule has 0 fully saturated rings. The van der Waals surface area contributed by atoms with Gasteiger partial charge in [0.15, 0.2) is 11.5 Å². The minimum absolute atomic E-state index is 0.0352. The third-order valence-electron chi connectivity index (χ3n) is 3.13. The van der Waals surface area contributed by atoms with E-state index >= 15 is 0 Å². The third-order valence-corrected chi connectivity index (χ3v) is 3.13. The standard InChI is InChI=1S/C16H15FN2O5/c1-22-12-8-11(16(20)21)13(15(24-3)14(12)23-2)19-18-10-6-4-9(17)5-7-10/h4-8H,1-3H3,(H,20,21)/b19-18+. The number of methoxy groups -OCH3 is 3. The SMILES string of the molecule is COc1cc(C(=O)O)c(/N=N/c2ccc(F)cc2)c(OC)c1OC. The highest BCUT2D eigenvalue weighted by atomic mass is 19.1. The number of hydrogen-bond acceptors (Lipinski definition) is 6. The first-order valence-corrected chi connectivity index (χ1v) is 6.75. The van der Waals surface area contributed by atoms with Crippen LogP contribution in [0.5, 0.6) is 17.2 Å². The molecule has 0 saturated carbocycles. The zero-order valence-electron chi connectivity index (χ0n) is 13.2. The molecule has 2 aromatic rings. The zero-order chi connectivity index (χ0) is 17.7. The van der Waals surface area contributed by atoms with E-state index in [1.165, 1.54) is 51.7 Å². The summed E-state index contributed by atoms with van der Waals surface area (Å²) in [5.74, 6) is -1.20. The van der Waals surface area contributed by atoms with Crippen molar-refractivity contribution >= 4 is 17.3 Å². The van der Waals surface area contributed by atoms with Gasteiger partial charge in [-0.2, -0.15) is 5.11 Å². The number of carboxylic acid groups (broad SMARTS) is 1. The topological polar surface area (TPSA) is 89.7 Å². The molecule has 7 nitrogen and oxygen atoms in total. The van der Waals surface area contributed by atoms with Gasteiger partial charge >= 0.3 is 5.97 Å². The number of nitrogens with zero attached hydrogens (tertiary/aromatic N) is 2. The Hall–Kier alpha value is -3.16. The maximum atomic E-state index is 12.9. The van der Waals surface area contributed by atoms with Gasteiger partial charge in [-0.15, -0.1) is 5.11 Å². The van der Waals surface area contributed by atoms with E-state index in [1.807, 2.05) is 0 Å². The Kier molecular flexibility index (Phi) is 5.31. The number of halogens is 1. The molecule has 0 aliphatic carbocycles. The van der Waals surface area contributed by atoms with Gasteiger partial charge in [-0.3, -0.25) is 0 Å². The maximum absolute atomic E-state index is 12.9. The number of azo groups is 1. The number of ether oxygens (including phenoxy) is 3. The molecule has 0 spiro atoms. The number of carbonyl (C=O) groups is 1. The predicted molar refractivity (Wildman–Crippen MR) is 83.6 cm³/mol. The van der Waals surface area contributed by atoms with Crippen molar-refractivity contribution in [1.29, 1.82) is 0 Å². The molecule has 0 saturated heterocycles. The molecule has 0 aliphatic heterocycles. The van der Waals surface area contributed by atoms with E-state index in [4.69, 9.17) is 14.2 Å². The summed E-state index contributed by atoms with van der Waals surface area (Å²) < 4.78 is 28.5. The molecular formula is C16H15FN2O5. The zero-order valence-corrected chi connectivity index (χ0v) is 13.2. The molecule has 126 valence electrons. The molecule has 2 aromatic carbocycles. The van der Waals surface area contributed by atoms with Gasteiger partial charge < -0.3 is 19.3 Å². The Morgan fingerprint density at radius 3 is 2.12 bits per heavy atom. The number of carboxylic acids is 1. The smallest absolute Gasteiger partial charge is 0.338 e. The molecule has 0 aliphatic rings. The second kappa shape index (κ2) is 7.40. The molecule has 0 unspecified atom stereocenters. The number of rotatable bonds is 6. The van der Waals surface area contributed by atoms with E-state index in [9.17, 15) is 14.3 Å². The second-order valence-electron chi connectivity index (χ2n) is 4.52. The lowest BCUT2D eigenvalue weighted by molar-refractivity contribution is 0.0697. The summed E-state index contributed by atoms with van der Waals surface area (Å²) in [7, 11) is 4.12. The molecule has 0 atom stereocenters. The van der Waals surface area contributed by atoms with Crippen LogP contribution in [0.2, 0.25) is 0 Å². The van der Waals surface area contributed by atoms with Crippen LogP contribution in [-0.2, 0) is 0 Å². The Balaban J connectivity index is 2.61. The number of hydrogen-bond donors (Lipinski definition) is 1. The quantitative estimate of drug-likeness (QED) is 0.807. The fourth-order valence-electron chi connectivity index (χ4n) is 2.02. The fraction of sp³-hybridized carbons (Fsp3) is 0.188.